The molecule has 0 aliphatic rings. The van der Waals surface area contributed by atoms with Gasteiger partial charge in [-0.3, -0.25) is 4.79 Å². The van der Waals surface area contributed by atoms with Crippen LogP contribution < -0.4 is 10.1 Å². The van der Waals surface area contributed by atoms with Crippen molar-refractivity contribution in [2.45, 2.75) is 33.1 Å². The van der Waals surface area contributed by atoms with Crippen LogP contribution in [0.2, 0.25) is 5.02 Å². The molecular weight excluding hydrogens is 250 g/mol. The highest BCUT2D eigenvalue weighted by molar-refractivity contribution is 6.32. The Morgan fingerprint density at radius 1 is 1.44 bits per heavy atom. The second-order valence-electron chi connectivity index (χ2n) is 4.87. The summed E-state index contributed by atoms with van der Waals surface area (Å²) in [4.78, 5) is 11.0. The summed E-state index contributed by atoms with van der Waals surface area (Å²) in [5.74, 6) is 0.665. The molecule has 0 atom stereocenters. The summed E-state index contributed by atoms with van der Waals surface area (Å²) in [5, 5.41) is 3.43. The van der Waals surface area contributed by atoms with Crippen molar-refractivity contribution in [1.29, 1.82) is 0 Å². The number of carbonyl (C=O) groups excluding carboxylic acids is 1. The highest BCUT2D eigenvalue weighted by Gasteiger charge is 2.21. The normalized spacial score (nSPS) is 11.2. The number of nitrogens with one attached hydrogen (secondary N) is 1. The lowest BCUT2D eigenvalue weighted by Gasteiger charge is -2.26. The lowest BCUT2D eigenvalue weighted by molar-refractivity contribution is -0.119. The van der Waals surface area contributed by atoms with Gasteiger partial charge in [-0.15, -0.1) is 0 Å². The van der Waals surface area contributed by atoms with Crippen LogP contribution in [0.4, 0.5) is 0 Å². The SMILES string of the molecule is CCOc1ccc(C(C)(C)CNC(C)=O)cc1Cl. The van der Waals surface area contributed by atoms with Crippen LogP contribution in [0.5, 0.6) is 5.75 Å². The Kier molecular flexibility index (Phi) is 5.03. The first-order valence-electron chi connectivity index (χ1n) is 6.04. The number of benzene rings is 1. The van der Waals surface area contributed by atoms with E-state index in [0.717, 1.165) is 5.56 Å². The standard InChI is InChI=1S/C14H20ClNO2/c1-5-18-13-7-6-11(8-12(13)15)14(3,4)9-16-10(2)17/h6-8H,5,9H2,1-4H3,(H,16,17). The zero-order valence-electron chi connectivity index (χ0n) is 11.3. The Balaban J connectivity index is 2.88. The van der Waals surface area contributed by atoms with Crippen molar-refractivity contribution in [3.63, 3.8) is 0 Å². The Morgan fingerprint density at radius 3 is 2.61 bits per heavy atom. The lowest BCUT2D eigenvalue weighted by Crippen LogP contribution is -2.35. The Morgan fingerprint density at radius 2 is 2.11 bits per heavy atom. The maximum absolute atomic E-state index is 11.0. The van der Waals surface area contributed by atoms with Crippen LogP contribution in [0, 0.1) is 0 Å². The first kappa shape index (κ1) is 14.8. The fourth-order valence-electron chi connectivity index (χ4n) is 1.64. The molecule has 0 aliphatic heterocycles. The highest BCUT2D eigenvalue weighted by atomic mass is 35.5. The first-order valence-corrected chi connectivity index (χ1v) is 6.42. The van der Waals surface area contributed by atoms with Gasteiger partial charge < -0.3 is 10.1 Å². The zero-order valence-corrected chi connectivity index (χ0v) is 12.1. The largest absolute Gasteiger partial charge is 0.492 e. The number of halogens is 1. The van der Waals surface area contributed by atoms with E-state index >= 15 is 0 Å². The van der Waals surface area contributed by atoms with Crippen LogP contribution >= 0.6 is 11.6 Å². The number of hydrogen-bond donors (Lipinski definition) is 1. The molecule has 18 heavy (non-hydrogen) atoms. The van der Waals surface area contributed by atoms with Crippen LogP contribution in [0.1, 0.15) is 33.3 Å². The van der Waals surface area contributed by atoms with E-state index in [-0.39, 0.29) is 11.3 Å². The maximum Gasteiger partial charge on any atom is 0.216 e. The zero-order chi connectivity index (χ0) is 13.8. The van der Waals surface area contributed by atoms with E-state index in [9.17, 15) is 4.79 Å². The van der Waals surface area contributed by atoms with E-state index < -0.39 is 0 Å². The minimum atomic E-state index is -0.167. The predicted molar refractivity (Wildman–Crippen MR) is 74.3 cm³/mol. The van der Waals surface area contributed by atoms with Gasteiger partial charge in [-0.2, -0.15) is 0 Å². The van der Waals surface area contributed by atoms with Gasteiger partial charge in [-0.1, -0.05) is 31.5 Å². The fourth-order valence-corrected chi connectivity index (χ4v) is 1.88. The molecule has 0 spiro atoms. The molecule has 0 unspecified atom stereocenters. The van der Waals surface area contributed by atoms with Gasteiger partial charge >= 0.3 is 0 Å². The van der Waals surface area contributed by atoms with Crippen molar-refractivity contribution in [3.05, 3.63) is 28.8 Å². The minimum absolute atomic E-state index is 0.0277. The molecule has 0 fully saturated rings. The molecule has 0 radical (unpaired) electrons. The molecule has 3 nitrogen and oxygen atoms in total. The van der Waals surface area contributed by atoms with Crippen molar-refractivity contribution in [1.82, 2.24) is 5.32 Å². The third-order valence-electron chi connectivity index (χ3n) is 2.79. The second kappa shape index (κ2) is 6.10. The van der Waals surface area contributed by atoms with E-state index in [2.05, 4.69) is 19.2 Å². The summed E-state index contributed by atoms with van der Waals surface area (Å²) < 4.78 is 5.40. The summed E-state index contributed by atoms with van der Waals surface area (Å²) >= 11 is 6.16. The number of rotatable bonds is 5. The van der Waals surface area contributed by atoms with Gasteiger partial charge in [0.05, 0.1) is 11.6 Å². The Labute approximate surface area is 113 Å². The Hall–Kier alpha value is -1.22. The molecular formula is C14H20ClNO2. The molecule has 4 heteroatoms. The molecule has 0 bridgehead atoms. The Bertz CT molecular complexity index is 430. The van der Waals surface area contributed by atoms with Gasteiger partial charge in [0, 0.05) is 18.9 Å². The lowest BCUT2D eigenvalue weighted by atomic mass is 9.84. The molecule has 0 aromatic heterocycles. The van der Waals surface area contributed by atoms with Crippen molar-refractivity contribution in [2.75, 3.05) is 13.2 Å². The minimum Gasteiger partial charge on any atom is -0.492 e. The average Bonchev–Trinajstić information content (AvgIpc) is 2.29. The van der Waals surface area contributed by atoms with Crippen molar-refractivity contribution in [2.24, 2.45) is 0 Å². The molecule has 1 rings (SSSR count). The smallest absolute Gasteiger partial charge is 0.216 e. The van der Waals surface area contributed by atoms with Crippen LogP contribution in [0.3, 0.4) is 0 Å². The first-order chi connectivity index (χ1) is 8.36. The van der Waals surface area contributed by atoms with Crippen LogP contribution in [0.15, 0.2) is 18.2 Å². The average molecular weight is 270 g/mol. The number of hydrogen-bond acceptors (Lipinski definition) is 2. The molecule has 0 saturated heterocycles. The van der Waals surface area contributed by atoms with Gasteiger partial charge in [-0.05, 0) is 24.6 Å². The highest BCUT2D eigenvalue weighted by Crippen LogP contribution is 2.31. The van der Waals surface area contributed by atoms with E-state index in [1.807, 2.05) is 25.1 Å². The molecule has 0 heterocycles. The maximum atomic E-state index is 11.0. The fraction of sp³-hybridized carbons (Fsp3) is 0.500. The number of amides is 1. The van der Waals surface area contributed by atoms with Gasteiger partial charge in [0.1, 0.15) is 5.75 Å². The van der Waals surface area contributed by atoms with Crippen LogP contribution in [0.25, 0.3) is 0 Å². The summed E-state index contributed by atoms with van der Waals surface area (Å²) in [6.45, 7) is 8.73. The topological polar surface area (TPSA) is 38.3 Å². The monoisotopic (exact) mass is 269 g/mol. The van der Waals surface area contributed by atoms with Crippen LogP contribution in [-0.4, -0.2) is 19.1 Å². The summed E-state index contributed by atoms with van der Waals surface area (Å²) in [5.41, 5.74) is 0.907. The van der Waals surface area contributed by atoms with Crippen LogP contribution in [-0.2, 0) is 10.2 Å². The third-order valence-corrected chi connectivity index (χ3v) is 3.09. The summed E-state index contributed by atoms with van der Waals surface area (Å²) in [6, 6.07) is 5.75. The quantitative estimate of drug-likeness (QED) is 0.892. The number of ether oxygens (including phenoxy) is 1. The summed E-state index contributed by atoms with van der Waals surface area (Å²) in [7, 11) is 0. The van der Waals surface area contributed by atoms with E-state index in [0.29, 0.717) is 23.9 Å². The molecule has 1 amide bonds. The van der Waals surface area contributed by atoms with E-state index in [4.69, 9.17) is 16.3 Å². The van der Waals surface area contributed by atoms with Gasteiger partial charge in [0.2, 0.25) is 5.91 Å². The number of carbonyl (C=O) groups is 1. The van der Waals surface area contributed by atoms with E-state index in [1.54, 1.807) is 0 Å². The van der Waals surface area contributed by atoms with E-state index in [1.165, 1.54) is 6.92 Å². The van der Waals surface area contributed by atoms with Crippen molar-refractivity contribution < 1.29 is 9.53 Å². The van der Waals surface area contributed by atoms with Gasteiger partial charge in [-0.25, -0.2) is 0 Å². The third kappa shape index (κ3) is 3.91. The molecule has 1 aromatic rings. The van der Waals surface area contributed by atoms with Crippen molar-refractivity contribution >= 4 is 17.5 Å². The predicted octanol–water partition coefficient (Wildman–Crippen LogP) is 3.15. The molecule has 1 aromatic carbocycles. The van der Waals surface area contributed by atoms with Gasteiger partial charge in [0.25, 0.3) is 0 Å². The molecule has 100 valence electrons. The molecule has 1 N–H and O–H groups in total. The van der Waals surface area contributed by atoms with Gasteiger partial charge in [0.15, 0.2) is 0 Å². The molecule has 0 aliphatic carbocycles. The van der Waals surface area contributed by atoms with Crippen molar-refractivity contribution in [3.8, 4) is 5.75 Å². The molecule has 0 saturated carbocycles. The summed E-state index contributed by atoms with van der Waals surface area (Å²) in [6.07, 6.45) is 0. The second-order valence-corrected chi connectivity index (χ2v) is 5.28.